The van der Waals surface area contributed by atoms with Gasteiger partial charge in [-0.25, -0.2) is 9.18 Å². The first-order chi connectivity index (χ1) is 10.4. The lowest BCUT2D eigenvalue weighted by Crippen LogP contribution is -2.38. The predicted octanol–water partition coefficient (Wildman–Crippen LogP) is 2.58. The molecule has 1 aromatic carbocycles. The standard InChI is InChI=1S/C15H21ClFN3O2/c1-3-10(2)20-14(21)6-7-18-15(22)19-9-11-4-5-13(17)12(16)8-11/h4-5,8,10H,3,6-7,9H2,1-2H3,(H,20,21)(H2,18,19,22)/t10-/m1/s1. The summed E-state index contributed by atoms with van der Waals surface area (Å²) in [6, 6.07) is 3.98. The summed E-state index contributed by atoms with van der Waals surface area (Å²) in [6.07, 6.45) is 1.08. The zero-order valence-corrected chi connectivity index (χ0v) is 13.5. The number of hydrogen-bond acceptors (Lipinski definition) is 2. The number of urea groups is 1. The van der Waals surface area contributed by atoms with Crippen molar-refractivity contribution in [2.45, 2.75) is 39.3 Å². The van der Waals surface area contributed by atoms with Crippen molar-refractivity contribution in [2.24, 2.45) is 0 Å². The van der Waals surface area contributed by atoms with Gasteiger partial charge in [0.15, 0.2) is 0 Å². The minimum absolute atomic E-state index is 0.0152. The van der Waals surface area contributed by atoms with E-state index in [4.69, 9.17) is 11.6 Å². The lowest BCUT2D eigenvalue weighted by atomic mass is 10.2. The first-order valence-corrected chi connectivity index (χ1v) is 7.55. The topological polar surface area (TPSA) is 70.2 Å². The van der Waals surface area contributed by atoms with Gasteiger partial charge in [-0.2, -0.15) is 0 Å². The number of rotatable bonds is 7. The van der Waals surface area contributed by atoms with Gasteiger partial charge in [0.1, 0.15) is 5.82 Å². The van der Waals surface area contributed by atoms with Crippen LogP contribution in [0.4, 0.5) is 9.18 Å². The third-order valence-corrected chi connectivity index (χ3v) is 3.38. The van der Waals surface area contributed by atoms with Crippen LogP contribution in [0.25, 0.3) is 0 Å². The number of benzene rings is 1. The van der Waals surface area contributed by atoms with Crippen LogP contribution in [0.5, 0.6) is 0 Å². The third-order valence-electron chi connectivity index (χ3n) is 3.09. The van der Waals surface area contributed by atoms with Crippen LogP contribution in [-0.2, 0) is 11.3 Å². The maximum atomic E-state index is 13.0. The van der Waals surface area contributed by atoms with Crippen LogP contribution in [0.15, 0.2) is 18.2 Å². The van der Waals surface area contributed by atoms with E-state index in [2.05, 4.69) is 16.0 Å². The highest BCUT2D eigenvalue weighted by molar-refractivity contribution is 6.30. The van der Waals surface area contributed by atoms with Crippen molar-refractivity contribution in [1.29, 1.82) is 0 Å². The molecule has 0 aliphatic carbocycles. The molecular weight excluding hydrogens is 309 g/mol. The van der Waals surface area contributed by atoms with E-state index in [1.165, 1.54) is 12.1 Å². The molecule has 0 aliphatic rings. The summed E-state index contributed by atoms with van der Waals surface area (Å²) in [5.74, 6) is -0.595. The Hall–Kier alpha value is -1.82. The lowest BCUT2D eigenvalue weighted by molar-refractivity contribution is -0.121. The third kappa shape index (κ3) is 6.76. The molecule has 0 aromatic heterocycles. The van der Waals surface area contributed by atoms with Crippen LogP contribution in [0.1, 0.15) is 32.3 Å². The van der Waals surface area contributed by atoms with Crippen molar-refractivity contribution >= 4 is 23.5 Å². The van der Waals surface area contributed by atoms with Crippen LogP contribution >= 0.6 is 11.6 Å². The minimum Gasteiger partial charge on any atom is -0.354 e. The molecular formula is C15H21ClFN3O2. The predicted molar refractivity (Wildman–Crippen MR) is 84.2 cm³/mol. The molecule has 3 amide bonds. The van der Waals surface area contributed by atoms with Gasteiger partial charge in [0.25, 0.3) is 0 Å². The van der Waals surface area contributed by atoms with E-state index in [1.807, 2.05) is 13.8 Å². The van der Waals surface area contributed by atoms with Gasteiger partial charge in [-0.3, -0.25) is 4.79 Å². The molecule has 1 aromatic rings. The maximum absolute atomic E-state index is 13.0. The smallest absolute Gasteiger partial charge is 0.315 e. The molecule has 0 saturated heterocycles. The summed E-state index contributed by atoms with van der Waals surface area (Å²) in [4.78, 5) is 23.1. The number of halogens is 2. The van der Waals surface area contributed by atoms with Gasteiger partial charge in [-0.15, -0.1) is 0 Å². The number of carbonyl (C=O) groups excluding carboxylic acids is 2. The number of amides is 3. The summed E-state index contributed by atoms with van der Waals surface area (Å²) in [5.41, 5.74) is 0.691. The maximum Gasteiger partial charge on any atom is 0.315 e. The average Bonchev–Trinajstić information content (AvgIpc) is 2.48. The van der Waals surface area contributed by atoms with Crippen molar-refractivity contribution in [2.75, 3.05) is 6.54 Å². The normalized spacial score (nSPS) is 11.6. The second-order valence-electron chi connectivity index (χ2n) is 4.98. The Bertz CT molecular complexity index is 526. The molecule has 0 unspecified atom stereocenters. The highest BCUT2D eigenvalue weighted by Crippen LogP contribution is 2.15. The Morgan fingerprint density at radius 3 is 2.68 bits per heavy atom. The van der Waals surface area contributed by atoms with Gasteiger partial charge in [0.2, 0.25) is 5.91 Å². The van der Waals surface area contributed by atoms with E-state index in [0.717, 1.165) is 6.42 Å². The zero-order valence-electron chi connectivity index (χ0n) is 12.7. The van der Waals surface area contributed by atoms with Crippen molar-refractivity contribution in [1.82, 2.24) is 16.0 Å². The molecule has 22 heavy (non-hydrogen) atoms. The number of nitrogens with one attached hydrogen (secondary N) is 3. The van der Waals surface area contributed by atoms with Gasteiger partial charge in [0, 0.05) is 25.6 Å². The summed E-state index contributed by atoms with van der Waals surface area (Å²) in [6.45, 7) is 4.38. The summed E-state index contributed by atoms with van der Waals surface area (Å²) < 4.78 is 13.0. The van der Waals surface area contributed by atoms with E-state index >= 15 is 0 Å². The second-order valence-corrected chi connectivity index (χ2v) is 5.39. The average molecular weight is 330 g/mol. The second kappa shape index (κ2) is 9.25. The Balaban J connectivity index is 2.23. The molecule has 0 aliphatic heterocycles. The SMILES string of the molecule is CC[C@@H](C)NC(=O)CCNC(=O)NCc1ccc(F)c(Cl)c1. The van der Waals surface area contributed by atoms with E-state index in [0.29, 0.717) is 5.56 Å². The summed E-state index contributed by atoms with van der Waals surface area (Å²) in [7, 11) is 0. The minimum atomic E-state index is -0.498. The van der Waals surface area contributed by atoms with Crippen molar-refractivity contribution in [3.63, 3.8) is 0 Å². The molecule has 0 radical (unpaired) electrons. The molecule has 0 bridgehead atoms. The zero-order chi connectivity index (χ0) is 16.5. The fourth-order valence-electron chi connectivity index (χ4n) is 1.63. The molecule has 7 heteroatoms. The van der Waals surface area contributed by atoms with Gasteiger partial charge in [0.05, 0.1) is 5.02 Å². The Labute approximate surface area is 134 Å². The molecule has 5 nitrogen and oxygen atoms in total. The Morgan fingerprint density at radius 1 is 1.32 bits per heavy atom. The van der Waals surface area contributed by atoms with Gasteiger partial charge >= 0.3 is 6.03 Å². The molecule has 0 spiro atoms. The lowest BCUT2D eigenvalue weighted by Gasteiger charge is -2.12. The molecule has 0 heterocycles. The Morgan fingerprint density at radius 2 is 2.05 bits per heavy atom. The van der Waals surface area contributed by atoms with Crippen molar-refractivity contribution in [3.05, 3.63) is 34.6 Å². The fourth-order valence-corrected chi connectivity index (χ4v) is 1.84. The molecule has 0 saturated carbocycles. The molecule has 3 N–H and O–H groups in total. The van der Waals surface area contributed by atoms with E-state index in [1.54, 1.807) is 6.07 Å². The highest BCUT2D eigenvalue weighted by Gasteiger charge is 2.07. The van der Waals surface area contributed by atoms with Crippen molar-refractivity contribution in [3.8, 4) is 0 Å². The quantitative estimate of drug-likeness (QED) is 0.719. The van der Waals surface area contributed by atoms with Crippen LogP contribution < -0.4 is 16.0 Å². The van der Waals surface area contributed by atoms with Gasteiger partial charge in [-0.1, -0.05) is 24.6 Å². The van der Waals surface area contributed by atoms with Gasteiger partial charge < -0.3 is 16.0 Å². The highest BCUT2D eigenvalue weighted by atomic mass is 35.5. The van der Waals surface area contributed by atoms with Crippen LogP contribution in [0, 0.1) is 5.82 Å². The van der Waals surface area contributed by atoms with Crippen LogP contribution in [0.3, 0.4) is 0 Å². The monoisotopic (exact) mass is 329 g/mol. The van der Waals surface area contributed by atoms with Crippen LogP contribution in [-0.4, -0.2) is 24.5 Å². The molecule has 1 rings (SSSR count). The first kappa shape index (κ1) is 18.2. The first-order valence-electron chi connectivity index (χ1n) is 7.17. The van der Waals surface area contributed by atoms with E-state index in [9.17, 15) is 14.0 Å². The van der Waals surface area contributed by atoms with E-state index in [-0.39, 0.29) is 36.5 Å². The summed E-state index contributed by atoms with van der Waals surface area (Å²) >= 11 is 5.65. The molecule has 0 fully saturated rings. The summed E-state index contributed by atoms with van der Waals surface area (Å²) in [5, 5.41) is 8.02. The van der Waals surface area contributed by atoms with Gasteiger partial charge in [-0.05, 0) is 31.0 Å². The number of hydrogen-bond donors (Lipinski definition) is 3. The fraction of sp³-hybridized carbons (Fsp3) is 0.467. The van der Waals surface area contributed by atoms with Crippen LogP contribution in [0.2, 0.25) is 5.02 Å². The van der Waals surface area contributed by atoms with Crippen molar-refractivity contribution < 1.29 is 14.0 Å². The Kier molecular flexibility index (Phi) is 7.66. The molecule has 122 valence electrons. The largest absolute Gasteiger partial charge is 0.354 e. The van der Waals surface area contributed by atoms with E-state index < -0.39 is 11.8 Å². The number of carbonyl (C=O) groups is 2. The molecule has 1 atom stereocenters.